The van der Waals surface area contributed by atoms with Crippen LogP contribution >= 0.6 is 22.9 Å². The predicted molar refractivity (Wildman–Crippen MR) is 123 cm³/mol. The van der Waals surface area contributed by atoms with Gasteiger partial charge in [0.2, 0.25) is 0 Å². The Labute approximate surface area is 192 Å². The van der Waals surface area contributed by atoms with Gasteiger partial charge in [0.15, 0.2) is 0 Å². The van der Waals surface area contributed by atoms with Gasteiger partial charge in [-0.3, -0.25) is 9.78 Å². The molecule has 7 nitrogen and oxygen atoms in total. The Balaban J connectivity index is 1.62. The van der Waals surface area contributed by atoms with E-state index in [2.05, 4.69) is 19.7 Å². The Kier molecular flexibility index (Phi) is 5.24. The molecular weight excluding hydrogens is 448 g/mol. The molecular formula is C23H17ClN4O3S. The number of hydrogen-bond donors (Lipinski definition) is 0. The fraction of sp³-hybridized carbons (Fsp3) is 0.130. The summed E-state index contributed by atoms with van der Waals surface area (Å²) in [5.74, 6) is 0.414. The summed E-state index contributed by atoms with van der Waals surface area (Å²) in [6.45, 7) is 2.49. The maximum atomic E-state index is 13.5. The second-order valence-corrected chi connectivity index (χ2v) is 8.89. The Morgan fingerprint density at radius 3 is 2.78 bits per heavy atom. The number of aromatic nitrogens is 4. The molecule has 0 fully saturated rings. The molecule has 0 unspecified atom stereocenters. The van der Waals surface area contributed by atoms with Gasteiger partial charge in [-0.25, -0.2) is 0 Å². The van der Waals surface area contributed by atoms with Crippen molar-refractivity contribution in [1.82, 2.24) is 19.7 Å². The number of carbonyl (C=O) groups excluding carboxylic acids is 1. The van der Waals surface area contributed by atoms with Gasteiger partial charge in [-0.1, -0.05) is 17.7 Å². The van der Waals surface area contributed by atoms with E-state index in [0.717, 1.165) is 25.8 Å². The van der Waals surface area contributed by atoms with Crippen molar-refractivity contribution in [3.8, 4) is 17.3 Å². The van der Waals surface area contributed by atoms with E-state index in [1.54, 1.807) is 25.4 Å². The number of ether oxygens (including phenoxy) is 1. The molecule has 0 radical (unpaired) electrons. The molecule has 0 aliphatic heterocycles. The monoisotopic (exact) mass is 464 g/mol. The molecule has 0 spiro atoms. The molecule has 0 amide bonds. The summed E-state index contributed by atoms with van der Waals surface area (Å²) < 4.78 is 13.9. The van der Waals surface area contributed by atoms with Crippen LogP contribution in [0.1, 0.15) is 26.8 Å². The molecule has 0 atom stereocenters. The van der Waals surface area contributed by atoms with E-state index >= 15 is 0 Å². The SMILES string of the molecule is COc1ccc2c(c1)c(C(=O)c1nnc(-c3ccccn3)o1)c(C)n2Cc1ccc(Cl)s1. The molecule has 1 aromatic carbocycles. The first-order valence-electron chi connectivity index (χ1n) is 9.76. The van der Waals surface area contributed by atoms with E-state index in [-0.39, 0.29) is 17.6 Å². The molecule has 9 heteroatoms. The van der Waals surface area contributed by atoms with Gasteiger partial charge in [0, 0.05) is 27.7 Å². The maximum Gasteiger partial charge on any atom is 0.289 e. The number of thiophene rings is 1. The number of benzene rings is 1. The van der Waals surface area contributed by atoms with E-state index in [1.807, 2.05) is 43.3 Å². The molecule has 5 rings (SSSR count). The van der Waals surface area contributed by atoms with Crippen LogP contribution in [0.5, 0.6) is 5.75 Å². The number of ketones is 1. The fourth-order valence-corrected chi connectivity index (χ4v) is 4.76. The number of methoxy groups -OCH3 is 1. The minimum absolute atomic E-state index is 0.0882. The molecule has 0 saturated carbocycles. The second kappa shape index (κ2) is 8.22. The van der Waals surface area contributed by atoms with Crippen molar-refractivity contribution in [2.24, 2.45) is 0 Å². The van der Waals surface area contributed by atoms with Crippen molar-refractivity contribution in [2.75, 3.05) is 7.11 Å². The van der Waals surface area contributed by atoms with Crippen molar-refractivity contribution < 1.29 is 13.9 Å². The third-order valence-electron chi connectivity index (χ3n) is 5.20. The van der Waals surface area contributed by atoms with Gasteiger partial charge in [-0.15, -0.1) is 21.5 Å². The van der Waals surface area contributed by atoms with Crippen LogP contribution in [-0.2, 0) is 6.54 Å². The van der Waals surface area contributed by atoms with Crippen molar-refractivity contribution >= 4 is 39.6 Å². The zero-order valence-corrected chi connectivity index (χ0v) is 18.8. The maximum absolute atomic E-state index is 13.5. The first kappa shape index (κ1) is 20.4. The molecule has 0 aliphatic rings. The van der Waals surface area contributed by atoms with Crippen LogP contribution in [0.15, 0.2) is 59.1 Å². The highest BCUT2D eigenvalue weighted by Gasteiger charge is 2.26. The van der Waals surface area contributed by atoms with Crippen molar-refractivity contribution in [3.63, 3.8) is 0 Å². The first-order valence-corrected chi connectivity index (χ1v) is 10.9. The Morgan fingerprint density at radius 2 is 2.06 bits per heavy atom. The molecule has 0 N–H and O–H groups in total. The summed E-state index contributed by atoms with van der Waals surface area (Å²) in [6.07, 6.45) is 1.63. The van der Waals surface area contributed by atoms with Gasteiger partial charge in [0.25, 0.3) is 17.6 Å². The third-order valence-corrected chi connectivity index (χ3v) is 6.42. The fourth-order valence-electron chi connectivity index (χ4n) is 3.69. The molecule has 0 aliphatic carbocycles. The highest BCUT2D eigenvalue weighted by Crippen LogP contribution is 2.33. The van der Waals surface area contributed by atoms with Crippen molar-refractivity contribution in [3.05, 3.63) is 81.1 Å². The van der Waals surface area contributed by atoms with E-state index in [1.165, 1.54) is 11.3 Å². The highest BCUT2D eigenvalue weighted by atomic mass is 35.5. The Morgan fingerprint density at radius 1 is 1.19 bits per heavy atom. The molecule has 0 saturated heterocycles. The molecule has 0 bridgehead atoms. The lowest BCUT2D eigenvalue weighted by Crippen LogP contribution is -2.06. The number of carbonyl (C=O) groups is 1. The Bertz CT molecular complexity index is 1440. The average molecular weight is 465 g/mol. The van der Waals surface area contributed by atoms with E-state index in [9.17, 15) is 4.79 Å². The molecule has 5 aromatic rings. The summed E-state index contributed by atoms with van der Waals surface area (Å²) in [4.78, 5) is 18.8. The third kappa shape index (κ3) is 3.57. The normalized spacial score (nSPS) is 11.2. The van der Waals surface area contributed by atoms with Gasteiger partial charge in [-0.05, 0) is 49.4 Å². The number of halogens is 1. The van der Waals surface area contributed by atoms with Crippen LogP contribution in [0.3, 0.4) is 0 Å². The summed E-state index contributed by atoms with van der Waals surface area (Å²) in [5, 5.41) is 8.76. The summed E-state index contributed by atoms with van der Waals surface area (Å²) in [5.41, 5.74) is 2.70. The van der Waals surface area contributed by atoms with Gasteiger partial charge in [-0.2, -0.15) is 0 Å². The standard InChI is InChI=1S/C23H17ClN4O3S/c1-13-20(21(29)23-27-26-22(31-23)17-5-3-4-10-25-17)16-11-14(30-2)6-8-18(16)28(13)12-15-7-9-19(24)32-15/h3-11H,12H2,1-2H3. The quantitative estimate of drug-likeness (QED) is 0.313. The largest absolute Gasteiger partial charge is 0.497 e. The smallest absolute Gasteiger partial charge is 0.289 e. The first-order chi connectivity index (χ1) is 15.5. The minimum atomic E-state index is -0.349. The van der Waals surface area contributed by atoms with Crippen LogP contribution in [0, 0.1) is 6.92 Å². The molecule has 4 heterocycles. The van der Waals surface area contributed by atoms with Gasteiger partial charge in [0.05, 0.1) is 23.6 Å². The van der Waals surface area contributed by atoms with Crippen LogP contribution in [0.4, 0.5) is 0 Å². The van der Waals surface area contributed by atoms with Crippen molar-refractivity contribution in [1.29, 1.82) is 0 Å². The Hall–Kier alpha value is -3.49. The van der Waals surface area contributed by atoms with E-state index in [4.69, 9.17) is 20.8 Å². The number of pyridine rings is 1. The van der Waals surface area contributed by atoms with E-state index < -0.39 is 0 Å². The number of rotatable bonds is 6. The van der Waals surface area contributed by atoms with Crippen LogP contribution < -0.4 is 4.74 Å². The lowest BCUT2D eigenvalue weighted by molar-refractivity contribution is 0.100. The number of nitrogens with zero attached hydrogens (tertiary/aromatic N) is 4. The summed E-state index contributed by atoms with van der Waals surface area (Å²) in [6, 6.07) is 14.9. The molecule has 160 valence electrons. The summed E-state index contributed by atoms with van der Waals surface area (Å²) in [7, 11) is 1.59. The van der Waals surface area contributed by atoms with Crippen LogP contribution in [-0.4, -0.2) is 32.6 Å². The topological polar surface area (TPSA) is 83.0 Å². The van der Waals surface area contributed by atoms with Crippen LogP contribution in [0.25, 0.3) is 22.5 Å². The lowest BCUT2D eigenvalue weighted by Gasteiger charge is -2.07. The van der Waals surface area contributed by atoms with Crippen LogP contribution in [0.2, 0.25) is 4.34 Å². The highest BCUT2D eigenvalue weighted by molar-refractivity contribution is 7.16. The van der Waals surface area contributed by atoms with Gasteiger partial charge >= 0.3 is 0 Å². The molecule has 32 heavy (non-hydrogen) atoms. The van der Waals surface area contributed by atoms with E-state index in [0.29, 0.717) is 23.6 Å². The number of hydrogen-bond acceptors (Lipinski definition) is 7. The zero-order chi connectivity index (χ0) is 22.2. The number of fused-ring (bicyclic) bond motifs is 1. The van der Waals surface area contributed by atoms with Gasteiger partial charge < -0.3 is 13.7 Å². The average Bonchev–Trinajstić information content (AvgIpc) is 3.53. The summed E-state index contributed by atoms with van der Waals surface area (Å²) >= 11 is 7.63. The molecule has 4 aromatic heterocycles. The van der Waals surface area contributed by atoms with Gasteiger partial charge in [0.1, 0.15) is 11.4 Å². The lowest BCUT2D eigenvalue weighted by atomic mass is 10.1. The minimum Gasteiger partial charge on any atom is -0.497 e. The van der Waals surface area contributed by atoms with Crippen molar-refractivity contribution in [2.45, 2.75) is 13.5 Å². The zero-order valence-electron chi connectivity index (χ0n) is 17.2. The second-order valence-electron chi connectivity index (χ2n) is 7.09. The predicted octanol–water partition coefficient (Wildman–Crippen LogP) is 5.40.